The summed E-state index contributed by atoms with van der Waals surface area (Å²) < 4.78 is 14.7. The molecule has 0 aliphatic carbocycles. The Labute approximate surface area is 323 Å². The summed E-state index contributed by atoms with van der Waals surface area (Å²) in [6.07, 6.45) is 0. The van der Waals surface area contributed by atoms with Crippen molar-refractivity contribution in [1.82, 2.24) is 0 Å². The summed E-state index contributed by atoms with van der Waals surface area (Å²) in [5.74, 6) is -0.992. The van der Waals surface area contributed by atoms with Gasteiger partial charge in [-0.1, -0.05) is 28.1 Å². The zero-order valence-electron chi connectivity index (χ0n) is 28.1. The van der Waals surface area contributed by atoms with Gasteiger partial charge in [-0.15, -0.1) is 22.7 Å². The van der Waals surface area contributed by atoms with E-state index in [0.717, 1.165) is 25.4 Å². The van der Waals surface area contributed by atoms with E-state index in [-0.39, 0.29) is 23.3 Å². The monoisotopic (exact) mass is 839 g/mol. The van der Waals surface area contributed by atoms with Crippen LogP contribution in [0.25, 0.3) is 20.9 Å². The molecule has 13 nitrogen and oxygen atoms in total. The summed E-state index contributed by atoms with van der Waals surface area (Å²) in [5.41, 5.74) is 9.89. The molecule has 0 fully saturated rings. The first kappa shape index (κ1) is 41.7. The highest BCUT2D eigenvalue weighted by Gasteiger charge is 2.16. The fraction of sp³-hybridized carbons (Fsp3) is 0.0833. The van der Waals surface area contributed by atoms with Gasteiger partial charge in [0.05, 0.1) is 47.9 Å². The van der Waals surface area contributed by atoms with Crippen LogP contribution in [0.3, 0.4) is 0 Å². The molecule has 0 aliphatic rings. The van der Waals surface area contributed by atoms with E-state index in [1.807, 2.05) is 35.0 Å². The van der Waals surface area contributed by atoms with Crippen molar-refractivity contribution in [2.75, 3.05) is 27.1 Å². The topological polar surface area (TPSA) is 191 Å². The Kier molecular flexibility index (Phi) is 16.5. The number of esters is 3. The molecule has 0 aliphatic heterocycles. The van der Waals surface area contributed by atoms with Crippen molar-refractivity contribution >= 4 is 84.9 Å². The Morgan fingerprint density at radius 2 is 1.02 bits per heavy atom. The molecule has 0 atom stereocenters. The Balaban J connectivity index is 0.000000198. The number of non-ortho nitro benzene ring substituents is 2. The smallest absolute Gasteiger partial charge is 0.339 e. The highest BCUT2D eigenvalue weighted by molar-refractivity contribution is 9.10. The molecule has 2 N–H and O–H groups in total. The lowest BCUT2D eigenvalue weighted by Gasteiger charge is -2.02. The van der Waals surface area contributed by atoms with E-state index in [1.54, 1.807) is 53.2 Å². The average molecular weight is 841 g/mol. The summed E-state index contributed by atoms with van der Waals surface area (Å²) >= 11 is 7.55. The molecule has 274 valence electrons. The summed E-state index contributed by atoms with van der Waals surface area (Å²) in [6.45, 7) is 0. The van der Waals surface area contributed by atoms with Crippen LogP contribution in [-0.2, 0) is 14.2 Å². The SMILES string of the molecule is COC(=O)c1ccsc1.COC(=O)c1ccsc1-c1ccc(N)cc1.COC(=O)c1ccsc1-c1ccc([N+](=O)[O-])cc1.O=[N+]([O-])c1ccc(Br)cc1. The fourth-order valence-corrected chi connectivity index (χ4v) is 6.71. The number of methoxy groups -OCH3 is 3. The Hall–Kier alpha value is -5.75. The van der Waals surface area contributed by atoms with Crippen LogP contribution in [0.15, 0.2) is 117 Å². The Bertz CT molecular complexity index is 2120. The molecule has 6 rings (SSSR count). The standard InChI is InChI=1S/C12H9NO4S.C12H11NO2S.C6H4BrNO2.C6H6O2S/c1-17-12(14)10-6-7-18-11(10)8-2-4-9(5-3-8)13(15)16;1-15-12(14)10-6-7-16-11(10)8-2-4-9(13)5-3-8;7-5-1-3-6(4-2-5)8(9)10;1-8-6(7)5-2-3-9-4-5/h2-7H,1H3;2-7H,13H2,1H3;1-4H;2-4H,1H3. The Morgan fingerprint density at radius 3 is 1.40 bits per heavy atom. The van der Waals surface area contributed by atoms with E-state index < -0.39 is 15.8 Å². The van der Waals surface area contributed by atoms with Gasteiger partial charge >= 0.3 is 17.9 Å². The predicted molar refractivity (Wildman–Crippen MR) is 210 cm³/mol. The van der Waals surface area contributed by atoms with Crippen LogP contribution in [0, 0.1) is 20.2 Å². The van der Waals surface area contributed by atoms with Gasteiger partial charge < -0.3 is 19.9 Å². The van der Waals surface area contributed by atoms with E-state index in [0.29, 0.717) is 22.4 Å². The van der Waals surface area contributed by atoms with Gasteiger partial charge in [0.25, 0.3) is 11.4 Å². The van der Waals surface area contributed by atoms with Crippen molar-refractivity contribution in [2.45, 2.75) is 0 Å². The predicted octanol–water partition coefficient (Wildman–Crippen LogP) is 9.79. The first-order valence-electron chi connectivity index (χ1n) is 14.8. The number of thiophene rings is 3. The number of anilines is 1. The highest BCUT2D eigenvalue weighted by Crippen LogP contribution is 2.32. The largest absolute Gasteiger partial charge is 0.465 e. The summed E-state index contributed by atoms with van der Waals surface area (Å²) in [6, 6.07) is 24.8. The minimum absolute atomic E-state index is 0.0231. The van der Waals surface area contributed by atoms with Gasteiger partial charge in [0, 0.05) is 49.6 Å². The van der Waals surface area contributed by atoms with Gasteiger partial charge in [0.15, 0.2) is 0 Å². The van der Waals surface area contributed by atoms with Crippen LogP contribution < -0.4 is 5.73 Å². The van der Waals surface area contributed by atoms with Crippen LogP contribution in [0.2, 0.25) is 0 Å². The molecule has 17 heteroatoms. The molecule has 0 saturated heterocycles. The van der Waals surface area contributed by atoms with Crippen LogP contribution in [0.4, 0.5) is 17.1 Å². The van der Waals surface area contributed by atoms with Crippen molar-refractivity contribution in [2.24, 2.45) is 0 Å². The molecule has 3 heterocycles. The third kappa shape index (κ3) is 12.5. The van der Waals surface area contributed by atoms with Crippen molar-refractivity contribution < 1.29 is 38.4 Å². The number of benzene rings is 3. The quantitative estimate of drug-likeness (QED) is 0.0529. The number of nitrogen functional groups attached to an aromatic ring is 1. The van der Waals surface area contributed by atoms with Crippen molar-refractivity contribution in [3.8, 4) is 20.9 Å². The second-order valence-electron chi connectivity index (χ2n) is 9.97. The molecule has 0 unspecified atom stereocenters. The Morgan fingerprint density at radius 1 is 0.604 bits per heavy atom. The second kappa shape index (κ2) is 20.9. The molecule has 0 bridgehead atoms. The maximum atomic E-state index is 11.5. The normalized spacial score (nSPS) is 9.74. The first-order chi connectivity index (χ1) is 25.4. The average Bonchev–Trinajstić information content (AvgIpc) is 3.98. The van der Waals surface area contributed by atoms with E-state index in [4.69, 9.17) is 10.5 Å². The van der Waals surface area contributed by atoms with E-state index in [1.165, 1.54) is 79.6 Å². The number of carbonyl (C=O) groups excluding carboxylic acids is 3. The molecule has 53 heavy (non-hydrogen) atoms. The molecule has 6 aromatic rings. The zero-order chi connectivity index (χ0) is 38.9. The van der Waals surface area contributed by atoms with Crippen LogP contribution >= 0.6 is 49.9 Å². The lowest BCUT2D eigenvalue weighted by Crippen LogP contribution is -2.00. The molecule has 0 radical (unpaired) electrons. The zero-order valence-corrected chi connectivity index (χ0v) is 32.2. The van der Waals surface area contributed by atoms with Gasteiger partial charge in [-0.05, 0) is 81.9 Å². The third-order valence-electron chi connectivity index (χ3n) is 6.63. The number of nitrogens with two attached hydrogens (primary N) is 1. The molecule has 3 aromatic heterocycles. The number of halogens is 1. The summed E-state index contributed by atoms with van der Waals surface area (Å²) in [4.78, 5) is 55.1. The van der Waals surface area contributed by atoms with Crippen LogP contribution in [0.5, 0.6) is 0 Å². The van der Waals surface area contributed by atoms with Crippen LogP contribution in [0.1, 0.15) is 31.1 Å². The third-order valence-corrected chi connectivity index (χ3v) is 9.77. The van der Waals surface area contributed by atoms with Crippen molar-refractivity contribution in [1.29, 1.82) is 0 Å². The summed E-state index contributed by atoms with van der Waals surface area (Å²) in [7, 11) is 4.08. The molecule has 0 spiro atoms. The molecular weight excluding hydrogens is 811 g/mol. The first-order valence-corrected chi connectivity index (χ1v) is 18.3. The molecule has 0 amide bonds. The van der Waals surface area contributed by atoms with Gasteiger partial charge in [0.2, 0.25) is 0 Å². The number of nitrogens with zero attached hydrogens (tertiary/aromatic N) is 2. The molecule has 0 saturated carbocycles. The van der Waals surface area contributed by atoms with Crippen LogP contribution in [-0.4, -0.2) is 49.1 Å². The number of ether oxygens (including phenoxy) is 3. The van der Waals surface area contributed by atoms with E-state index >= 15 is 0 Å². The highest BCUT2D eigenvalue weighted by atomic mass is 79.9. The number of carbonyl (C=O) groups is 3. The number of hydrogen-bond acceptors (Lipinski definition) is 14. The summed E-state index contributed by atoms with van der Waals surface area (Å²) in [5, 5.41) is 27.9. The number of nitro groups is 2. The van der Waals surface area contributed by atoms with E-state index in [2.05, 4.69) is 25.4 Å². The van der Waals surface area contributed by atoms with Gasteiger partial charge in [-0.2, -0.15) is 11.3 Å². The van der Waals surface area contributed by atoms with Gasteiger partial charge in [-0.3, -0.25) is 20.2 Å². The maximum Gasteiger partial charge on any atom is 0.339 e. The van der Waals surface area contributed by atoms with Gasteiger partial charge in [-0.25, -0.2) is 14.4 Å². The lowest BCUT2D eigenvalue weighted by atomic mass is 10.1. The van der Waals surface area contributed by atoms with E-state index in [9.17, 15) is 34.6 Å². The maximum absolute atomic E-state index is 11.5. The van der Waals surface area contributed by atoms with Crippen molar-refractivity contribution in [3.05, 3.63) is 154 Å². The van der Waals surface area contributed by atoms with Gasteiger partial charge in [0.1, 0.15) is 0 Å². The number of hydrogen-bond donors (Lipinski definition) is 1. The fourth-order valence-electron chi connectivity index (χ4n) is 4.04. The number of rotatable bonds is 7. The minimum Gasteiger partial charge on any atom is -0.465 e. The minimum atomic E-state index is -0.459. The lowest BCUT2D eigenvalue weighted by molar-refractivity contribution is -0.385. The molecular formula is C36H30BrN3O10S3. The number of nitro benzene ring substituents is 2. The second-order valence-corrected chi connectivity index (χ2v) is 13.5. The van der Waals surface area contributed by atoms with Crippen molar-refractivity contribution in [3.63, 3.8) is 0 Å². The molecule has 3 aromatic carbocycles.